The van der Waals surface area contributed by atoms with E-state index in [-0.39, 0.29) is 0 Å². The molecule has 0 unspecified atom stereocenters. The standard InChI is InChI=1S/C7H8N4.C6H6.C2H6.CH4/c1-5-4-9-7-3-2-6(8)10-11(5)7;1-2-4-6-5-3-1;1-2;/h2-4H,1H3,(H2,8,10);1-6H;1-2H3;1H4/i;;;1D. The van der Waals surface area contributed by atoms with Crippen LogP contribution < -0.4 is 5.73 Å². The van der Waals surface area contributed by atoms with Crippen LogP contribution in [0.1, 0.15) is 28.3 Å². The molecular formula is C16H24N4. The lowest BCUT2D eigenvalue weighted by molar-refractivity contribution is 0.908. The SMILES string of the molecule is CC.Cc1cnc2ccc(N)nn12.[2H]C.c1ccccc1. The summed E-state index contributed by atoms with van der Waals surface area (Å²) in [6, 6.07) is 15.6. The van der Waals surface area contributed by atoms with E-state index in [1.165, 1.54) is 7.40 Å². The van der Waals surface area contributed by atoms with E-state index < -0.39 is 0 Å². The zero-order valence-corrected chi connectivity index (χ0v) is 12.6. The molecule has 0 aliphatic heterocycles. The molecule has 0 amide bonds. The molecule has 3 aromatic rings. The Labute approximate surface area is 122 Å². The zero-order chi connectivity index (χ0) is 16.1. The summed E-state index contributed by atoms with van der Waals surface area (Å²) in [6.45, 7) is 5.94. The first-order chi connectivity index (χ1) is 10.3. The van der Waals surface area contributed by atoms with Crippen molar-refractivity contribution >= 4 is 11.5 Å². The third-order valence-corrected chi connectivity index (χ3v) is 2.22. The van der Waals surface area contributed by atoms with E-state index in [4.69, 9.17) is 7.10 Å². The van der Waals surface area contributed by atoms with Crippen LogP contribution in [0.15, 0.2) is 54.7 Å². The van der Waals surface area contributed by atoms with Crippen LogP contribution in [-0.4, -0.2) is 14.6 Å². The molecule has 2 N–H and O–H groups in total. The van der Waals surface area contributed by atoms with Crippen molar-refractivity contribution in [2.24, 2.45) is 0 Å². The highest BCUT2D eigenvalue weighted by molar-refractivity contribution is 5.42. The molecule has 0 saturated heterocycles. The molecule has 0 aliphatic rings. The molecule has 2 aromatic heterocycles. The number of hydrogen-bond donors (Lipinski definition) is 1. The van der Waals surface area contributed by atoms with Crippen LogP contribution in [0.4, 0.5) is 5.82 Å². The summed E-state index contributed by atoms with van der Waals surface area (Å²) in [5.74, 6) is 0.513. The second kappa shape index (κ2) is 9.55. The third kappa shape index (κ3) is 5.10. The maximum atomic E-state index is 5.75. The topological polar surface area (TPSA) is 56.2 Å². The van der Waals surface area contributed by atoms with Crippen LogP contribution >= 0.6 is 0 Å². The molecular weight excluding hydrogens is 248 g/mol. The Balaban J connectivity index is 0.000000341. The van der Waals surface area contributed by atoms with Crippen molar-refractivity contribution in [1.82, 2.24) is 14.6 Å². The van der Waals surface area contributed by atoms with Crippen molar-refractivity contribution in [2.45, 2.75) is 28.2 Å². The summed E-state index contributed by atoms with van der Waals surface area (Å²) in [6.07, 6.45) is 1.77. The molecule has 4 heteroatoms. The molecule has 108 valence electrons. The van der Waals surface area contributed by atoms with E-state index in [1.54, 1.807) is 16.8 Å². The van der Waals surface area contributed by atoms with Gasteiger partial charge < -0.3 is 5.73 Å². The monoisotopic (exact) mass is 273 g/mol. The quantitative estimate of drug-likeness (QED) is 0.674. The molecule has 0 radical (unpaired) electrons. The van der Waals surface area contributed by atoms with Gasteiger partial charge in [-0.3, -0.25) is 0 Å². The summed E-state index contributed by atoms with van der Waals surface area (Å²) in [7, 11) is 1.25. The van der Waals surface area contributed by atoms with Gasteiger partial charge in [0.05, 0.1) is 11.9 Å². The number of nitrogens with two attached hydrogens (primary N) is 1. The highest BCUT2D eigenvalue weighted by Gasteiger charge is 1.98. The second-order valence-corrected chi connectivity index (χ2v) is 3.58. The van der Waals surface area contributed by atoms with E-state index in [1.807, 2.05) is 63.2 Å². The third-order valence-electron chi connectivity index (χ3n) is 2.22. The number of nitrogens with zero attached hydrogens (tertiary/aromatic N) is 3. The van der Waals surface area contributed by atoms with Crippen LogP contribution in [0.2, 0.25) is 0 Å². The molecule has 4 nitrogen and oxygen atoms in total. The van der Waals surface area contributed by atoms with Crippen LogP contribution in [0, 0.1) is 6.92 Å². The van der Waals surface area contributed by atoms with Gasteiger partial charge in [-0.25, -0.2) is 9.50 Å². The first kappa shape index (κ1) is 15.7. The number of rotatable bonds is 0. The molecule has 20 heavy (non-hydrogen) atoms. The number of imidazole rings is 1. The lowest BCUT2D eigenvalue weighted by Gasteiger charge is -1.94. The number of aromatic nitrogens is 3. The fourth-order valence-electron chi connectivity index (χ4n) is 1.39. The molecule has 2 heterocycles. The molecule has 0 bridgehead atoms. The highest BCUT2D eigenvalue weighted by Crippen LogP contribution is 2.04. The number of anilines is 1. The van der Waals surface area contributed by atoms with Crippen molar-refractivity contribution < 1.29 is 1.37 Å². The van der Waals surface area contributed by atoms with Gasteiger partial charge in [0, 0.05) is 1.37 Å². The Kier molecular flexibility index (Phi) is 7.50. The second-order valence-electron chi connectivity index (χ2n) is 3.58. The lowest BCUT2D eigenvalue weighted by atomic mass is 10.4. The maximum Gasteiger partial charge on any atom is 0.153 e. The number of benzene rings is 1. The summed E-state index contributed by atoms with van der Waals surface area (Å²) in [5.41, 5.74) is 7.32. The van der Waals surface area contributed by atoms with Crippen molar-refractivity contribution in [3.63, 3.8) is 0 Å². The Bertz CT molecular complexity index is 567. The smallest absolute Gasteiger partial charge is 0.153 e. The first-order valence-electron chi connectivity index (χ1n) is 7.34. The van der Waals surface area contributed by atoms with E-state index in [0.717, 1.165) is 11.3 Å². The first-order valence-corrected chi connectivity index (χ1v) is 6.34. The van der Waals surface area contributed by atoms with E-state index in [9.17, 15) is 0 Å². The minimum atomic E-state index is 0.513. The maximum absolute atomic E-state index is 5.75. The Morgan fingerprint density at radius 1 is 1.05 bits per heavy atom. The normalized spacial score (nSPS) is 8.90. The lowest BCUT2D eigenvalue weighted by Crippen LogP contribution is -1.98. The summed E-state index contributed by atoms with van der Waals surface area (Å²) >= 11 is 0. The van der Waals surface area contributed by atoms with Gasteiger partial charge in [-0.05, 0) is 19.1 Å². The average Bonchev–Trinajstić information content (AvgIpc) is 2.94. The summed E-state index contributed by atoms with van der Waals surface area (Å²) < 4.78 is 7.47. The number of hydrogen-bond acceptors (Lipinski definition) is 3. The fourth-order valence-corrected chi connectivity index (χ4v) is 1.39. The number of fused-ring (bicyclic) bond motifs is 1. The fraction of sp³-hybridized carbons (Fsp3) is 0.250. The number of nitrogen functional groups attached to an aromatic ring is 1. The Morgan fingerprint density at radius 3 is 2.05 bits per heavy atom. The molecule has 0 fully saturated rings. The average molecular weight is 273 g/mol. The molecule has 0 aliphatic carbocycles. The van der Waals surface area contributed by atoms with Crippen LogP contribution in [-0.2, 0) is 0 Å². The highest BCUT2D eigenvalue weighted by atomic mass is 15.3. The van der Waals surface area contributed by atoms with E-state index in [0.29, 0.717) is 5.82 Å². The Hall–Kier alpha value is -2.36. The van der Waals surface area contributed by atoms with Gasteiger partial charge in [-0.15, -0.1) is 5.10 Å². The predicted molar refractivity (Wildman–Crippen MR) is 86.7 cm³/mol. The van der Waals surface area contributed by atoms with Gasteiger partial charge >= 0.3 is 0 Å². The van der Waals surface area contributed by atoms with Gasteiger partial charge in [-0.2, -0.15) is 0 Å². The number of aryl methyl sites for hydroxylation is 1. The van der Waals surface area contributed by atoms with E-state index in [2.05, 4.69) is 10.1 Å². The van der Waals surface area contributed by atoms with E-state index >= 15 is 0 Å². The van der Waals surface area contributed by atoms with Crippen molar-refractivity contribution in [3.8, 4) is 0 Å². The molecule has 0 spiro atoms. The predicted octanol–water partition coefficient (Wildman–Crippen LogP) is 3.97. The van der Waals surface area contributed by atoms with Gasteiger partial charge in [0.1, 0.15) is 5.82 Å². The molecule has 0 saturated carbocycles. The van der Waals surface area contributed by atoms with Gasteiger partial charge in [0.2, 0.25) is 0 Å². The van der Waals surface area contributed by atoms with Crippen LogP contribution in [0.5, 0.6) is 0 Å². The van der Waals surface area contributed by atoms with Crippen molar-refractivity contribution in [1.29, 1.82) is 0 Å². The Morgan fingerprint density at radius 2 is 1.55 bits per heavy atom. The van der Waals surface area contributed by atoms with Crippen molar-refractivity contribution in [3.05, 3.63) is 60.4 Å². The van der Waals surface area contributed by atoms with Gasteiger partial charge in [0.25, 0.3) is 0 Å². The molecule has 0 atom stereocenters. The van der Waals surface area contributed by atoms with Crippen LogP contribution in [0.3, 0.4) is 0 Å². The van der Waals surface area contributed by atoms with Gasteiger partial charge in [-0.1, -0.05) is 57.6 Å². The summed E-state index contributed by atoms with van der Waals surface area (Å²) in [4.78, 5) is 4.10. The molecule has 3 rings (SSSR count). The largest absolute Gasteiger partial charge is 0.382 e. The zero-order valence-electron chi connectivity index (χ0n) is 13.6. The minimum Gasteiger partial charge on any atom is -0.382 e. The van der Waals surface area contributed by atoms with Crippen molar-refractivity contribution in [2.75, 3.05) is 5.73 Å². The van der Waals surface area contributed by atoms with Gasteiger partial charge in [0.15, 0.2) is 5.65 Å². The minimum absolute atomic E-state index is 0.513. The summed E-state index contributed by atoms with van der Waals surface area (Å²) in [5, 5.41) is 4.07. The van der Waals surface area contributed by atoms with Crippen LogP contribution in [0.25, 0.3) is 5.65 Å². The molecule has 1 aromatic carbocycles.